The molecule has 0 aliphatic rings. The van der Waals surface area contributed by atoms with Crippen LogP contribution in [0.4, 0.5) is 0 Å². The summed E-state index contributed by atoms with van der Waals surface area (Å²) in [7, 11) is 0. The molecule has 45 heavy (non-hydrogen) atoms. The zero-order chi connectivity index (χ0) is 33.2. The fourth-order valence-electron chi connectivity index (χ4n) is 5.68. The maximum atomic E-state index is 12.6. The lowest BCUT2D eigenvalue weighted by molar-refractivity contribution is -0.150. The van der Waals surface area contributed by atoms with Crippen LogP contribution in [0.3, 0.4) is 0 Å². The summed E-state index contributed by atoms with van der Waals surface area (Å²) in [5, 5.41) is 11.9. The Labute approximate surface area is 277 Å². The van der Waals surface area contributed by atoms with E-state index in [2.05, 4.69) is 31.3 Å². The number of hydrogen-bond donors (Lipinski definition) is 3. The lowest BCUT2D eigenvalue weighted by atomic mass is 10.0. The van der Waals surface area contributed by atoms with E-state index in [1.807, 2.05) is 0 Å². The van der Waals surface area contributed by atoms with Crippen LogP contribution < -0.4 is 11.1 Å². The number of amides is 1. The Morgan fingerprint density at radius 3 is 1.60 bits per heavy atom. The van der Waals surface area contributed by atoms with Crippen LogP contribution in [-0.2, 0) is 19.1 Å². The monoisotopic (exact) mass is 637 g/mol. The summed E-state index contributed by atoms with van der Waals surface area (Å²) in [5.74, 6) is -1.27. The second-order valence-electron chi connectivity index (χ2n) is 13.0. The number of allylic oxidation sites excluding steroid dienone is 2. The molecule has 0 spiro atoms. The molecule has 2 unspecified atom stereocenters. The van der Waals surface area contributed by atoms with E-state index in [0.29, 0.717) is 32.2 Å². The maximum Gasteiger partial charge on any atom is 0.326 e. The van der Waals surface area contributed by atoms with E-state index in [-0.39, 0.29) is 18.0 Å². The van der Waals surface area contributed by atoms with Crippen LogP contribution in [0.15, 0.2) is 12.2 Å². The SMILES string of the molecule is CCCCCCC/C=C\CCCCCCCC(=O)OC(CCCCCCCC)CCCCCCC(=O)NC(CCCN)C(=O)O. The quantitative estimate of drug-likeness (QED) is 0.0367. The zero-order valence-electron chi connectivity index (χ0n) is 29.5. The van der Waals surface area contributed by atoms with Crippen molar-refractivity contribution in [2.75, 3.05) is 6.54 Å². The minimum atomic E-state index is -1.01. The van der Waals surface area contributed by atoms with Crippen LogP contribution in [0.25, 0.3) is 0 Å². The van der Waals surface area contributed by atoms with Crippen LogP contribution in [-0.4, -0.2) is 41.6 Å². The number of unbranched alkanes of at least 4 members (excludes halogenated alkanes) is 18. The van der Waals surface area contributed by atoms with Gasteiger partial charge in [0.15, 0.2) is 0 Å². The molecule has 0 aromatic carbocycles. The Morgan fingerprint density at radius 2 is 1.09 bits per heavy atom. The smallest absolute Gasteiger partial charge is 0.326 e. The van der Waals surface area contributed by atoms with Gasteiger partial charge in [-0.2, -0.15) is 0 Å². The molecular formula is C38H72N2O5. The third kappa shape index (κ3) is 30.5. The number of rotatable bonds is 34. The average Bonchev–Trinajstić information content (AvgIpc) is 3.02. The third-order valence-corrected chi connectivity index (χ3v) is 8.58. The Hall–Kier alpha value is -1.89. The van der Waals surface area contributed by atoms with Gasteiger partial charge in [-0.15, -0.1) is 0 Å². The highest BCUT2D eigenvalue weighted by Crippen LogP contribution is 2.18. The van der Waals surface area contributed by atoms with Crippen molar-refractivity contribution in [3.63, 3.8) is 0 Å². The predicted molar refractivity (Wildman–Crippen MR) is 188 cm³/mol. The van der Waals surface area contributed by atoms with Crippen molar-refractivity contribution in [1.29, 1.82) is 0 Å². The molecule has 0 radical (unpaired) electrons. The van der Waals surface area contributed by atoms with Gasteiger partial charge in [0.25, 0.3) is 0 Å². The van der Waals surface area contributed by atoms with Gasteiger partial charge >= 0.3 is 11.9 Å². The summed E-state index contributed by atoms with van der Waals surface area (Å²) < 4.78 is 5.96. The Kier molecular flexibility index (Phi) is 32.1. The minimum Gasteiger partial charge on any atom is -0.480 e. The fourth-order valence-corrected chi connectivity index (χ4v) is 5.68. The number of carboxylic acid groups (broad SMARTS) is 1. The van der Waals surface area contributed by atoms with Crippen molar-refractivity contribution < 1.29 is 24.2 Å². The van der Waals surface area contributed by atoms with Crippen molar-refractivity contribution in [2.45, 2.75) is 206 Å². The molecule has 0 aromatic rings. The maximum absolute atomic E-state index is 12.6. The Balaban J connectivity index is 4.19. The molecule has 0 heterocycles. The molecule has 0 aromatic heterocycles. The molecule has 0 rings (SSSR count). The van der Waals surface area contributed by atoms with E-state index in [0.717, 1.165) is 57.8 Å². The molecule has 0 saturated heterocycles. The number of aliphatic carboxylic acids is 1. The average molecular weight is 637 g/mol. The summed E-state index contributed by atoms with van der Waals surface area (Å²) in [6, 6.07) is -0.861. The van der Waals surface area contributed by atoms with E-state index >= 15 is 0 Å². The van der Waals surface area contributed by atoms with Crippen molar-refractivity contribution in [3.05, 3.63) is 12.2 Å². The molecule has 0 fully saturated rings. The summed E-state index contributed by atoms with van der Waals surface area (Å²) >= 11 is 0. The number of carbonyl (C=O) groups excluding carboxylic acids is 2. The Morgan fingerprint density at radius 1 is 0.622 bits per heavy atom. The van der Waals surface area contributed by atoms with Crippen LogP contribution in [0.2, 0.25) is 0 Å². The third-order valence-electron chi connectivity index (χ3n) is 8.58. The van der Waals surface area contributed by atoms with E-state index in [1.54, 1.807) is 0 Å². The molecule has 7 heteroatoms. The standard InChI is InChI=1S/C38H72N2O5/c1-3-5-7-9-11-12-13-14-15-16-17-18-20-26-32-37(42)45-34(28-23-19-10-8-6-4-2)29-24-21-22-25-31-36(41)40-35(38(43)44)30-27-33-39/h13-14,34-35H,3-12,15-33,39H2,1-2H3,(H,40,41)(H,43,44)/b14-13-. The van der Waals surface area contributed by atoms with Crippen molar-refractivity contribution >= 4 is 17.8 Å². The van der Waals surface area contributed by atoms with Crippen molar-refractivity contribution in [1.82, 2.24) is 5.32 Å². The largest absolute Gasteiger partial charge is 0.480 e. The van der Waals surface area contributed by atoms with Crippen LogP contribution in [0.5, 0.6) is 0 Å². The number of hydrogen-bond acceptors (Lipinski definition) is 5. The van der Waals surface area contributed by atoms with E-state index in [9.17, 15) is 19.5 Å². The number of ether oxygens (including phenoxy) is 1. The highest BCUT2D eigenvalue weighted by molar-refractivity contribution is 5.83. The van der Waals surface area contributed by atoms with Crippen LogP contribution >= 0.6 is 0 Å². The van der Waals surface area contributed by atoms with Gasteiger partial charge in [-0.1, -0.05) is 116 Å². The molecule has 0 bridgehead atoms. The first kappa shape index (κ1) is 43.1. The molecule has 1 amide bonds. The van der Waals surface area contributed by atoms with Crippen LogP contribution in [0.1, 0.15) is 194 Å². The second-order valence-corrected chi connectivity index (χ2v) is 13.0. The van der Waals surface area contributed by atoms with Gasteiger partial charge in [-0.05, 0) is 83.6 Å². The zero-order valence-corrected chi connectivity index (χ0v) is 29.5. The number of carboxylic acids is 1. The molecule has 0 aliphatic heterocycles. The molecule has 0 saturated carbocycles. The van der Waals surface area contributed by atoms with Gasteiger partial charge < -0.3 is 20.9 Å². The topological polar surface area (TPSA) is 119 Å². The van der Waals surface area contributed by atoms with E-state index in [1.165, 1.54) is 96.3 Å². The summed E-state index contributed by atoms with van der Waals surface area (Å²) in [4.78, 5) is 36.1. The first-order valence-electron chi connectivity index (χ1n) is 19.0. The number of nitrogens with one attached hydrogen (secondary N) is 1. The lowest BCUT2D eigenvalue weighted by Gasteiger charge is -2.18. The summed E-state index contributed by atoms with van der Waals surface area (Å²) in [5.41, 5.74) is 5.47. The summed E-state index contributed by atoms with van der Waals surface area (Å²) in [6.45, 7) is 4.90. The Bertz CT molecular complexity index is 727. The van der Waals surface area contributed by atoms with E-state index < -0.39 is 12.0 Å². The molecule has 4 N–H and O–H groups in total. The predicted octanol–water partition coefficient (Wildman–Crippen LogP) is 9.95. The van der Waals surface area contributed by atoms with Crippen molar-refractivity contribution in [3.8, 4) is 0 Å². The second kappa shape index (κ2) is 33.5. The molecule has 7 nitrogen and oxygen atoms in total. The molecule has 264 valence electrons. The number of nitrogens with two attached hydrogens (primary N) is 1. The summed E-state index contributed by atoms with van der Waals surface area (Å²) in [6.07, 6.45) is 34.0. The normalized spacial score (nSPS) is 12.8. The molecular weight excluding hydrogens is 564 g/mol. The van der Waals surface area contributed by atoms with Gasteiger partial charge in [0.2, 0.25) is 5.91 Å². The minimum absolute atomic E-state index is 0.00993. The highest BCUT2D eigenvalue weighted by Gasteiger charge is 2.19. The van der Waals surface area contributed by atoms with Gasteiger partial charge in [0.1, 0.15) is 12.1 Å². The number of carbonyl (C=O) groups is 3. The number of esters is 1. The van der Waals surface area contributed by atoms with Crippen molar-refractivity contribution in [2.24, 2.45) is 5.73 Å². The van der Waals surface area contributed by atoms with Gasteiger partial charge in [0, 0.05) is 12.8 Å². The van der Waals surface area contributed by atoms with Crippen LogP contribution in [0, 0.1) is 0 Å². The lowest BCUT2D eigenvalue weighted by Crippen LogP contribution is -2.40. The van der Waals surface area contributed by atoms with Gasteiger partial charge in [-0.3, -0.25) is 9.59 Å². The first-order chi connectivity index (χ1) is 21.9. The first-order valence-corrected chi connectivity index (χ1v) is 19.0. The highest BCUT2D eigenvalue weighted by atomic mass is 16.5. The molecule has 2 atom stereocenters. The van der Waals surface area contributed by atoms with Gasteiger partial charge in [0.05, 0.1) is 0 Å². The van der Waals surface area contributed by atoms with Gasteiger partial charge in [-0.25, -0.2) is 4.79 Å². The fraction of sp³-hybridized carbons (Fsp3) is 0.868. The molecule has 0 aliphatic carbocycles. The van der Waals surface area contributed by atoms with E-state index in [4.69, 9.17) is 10.5 Å².